The van der Waals surface area contributed by atoms with Gasteiger partial charge in [-0.25, -0.2) is 0 Å². The molecule has 0 bridgehead atoms. The van der Waals surface area contributed by atoms with Crippen molar-refractivity contribution in [3.63, 3.8) is 0 Å². The molecule has 1 fully saturated rings. The molecule has 1 aliphatic rings. The fourth-order valence-electron chi connectivity index (χ4n) is 3.82. The molecule has 0 aliphatic heterocycles. The summed E-state index contributed by atoms with van der Waals surface area (Å²) in [5, 5.41) is 6.81. The Labute approximate surface area is 158 Å². The first-order valence-corrected chi connectivity index (χ1v) is 10.2. The van der Waals surface area contributed by atoms with Crippen LogP contribution in [-0.2, 0) is 6.54 Å². The minimum Gasteiger partial charge on any atom is -0.357 e. The molecule has 0 spiro atoms. The van der Waals surface area contributed by atoms with Gasteiger partial charge in [0.05, 0.1) is 0 Å². The number of rotatable bonds is 10. The van der Waals surface area contributed by atoms with Crippen LogP contribution in [0.15, 0.2) is 34.2 Å². The zero-order chi connectivity index (χ0) is 18.8. The van der Waals surface area contributed by atoms with E-state index in [2.05, 4.69) is 31.4 Å². The molecule has 146 valence electrons. The molecule has 5 heteroatoms. The number of nitrogens with zero attached hydrogens (tertiary/aromatic N) is 2. The van der Waals surface area contributed by atoms with Crippen LogP contribution in [0.5, 0.6) is 0 Å². The molecular weight excluding hydrogens is 324 g/mol. The molecule has 2 N–H and O–H groups in total. The molecule has 0 amide bonds. The first-order chi connectivity index (χ1) is 12.5. The number of aromatic nitrogens is 1. The third kappa shape index (κ3) is 6.50. The second kappa shape index (κ2) is 10.4. The molecule has 0 atom stereocenters. The lowest BCUT2D eigenvalue weighted by Gasteiger charge is -2.42. The lowest BCUT2D eigenvalue weighted by molar-refractivity contribution is 0.111. The summed E-state index contributed by atoms with van der Waals surface area (Å²) in [6.07, 6.45) is 9.12. The van der Waals surface area contributed by atoms with Crippen molar-refractivity contribution >= 4 is 5.96 Å². The van der Waals surface area contributed by atoms with Crippen LogP contribution in [-0.4, -0.2) is 30.2 Å². The number of guanidine groups is 1. The van der Waals surface area contributed by atoms with Crippen LogP contribution < -0.4 is 16.2 Å². The van der Waals surface area contributed by atoms with Gasteiger partial charge in [0.2, 0.25) is 5.56 Å². The second-order valence-corrected chi connectivity index (χ2v) is 8.01. The number of nitrogens with one attached hydrogen (secondary N) is 2. The van der Waals surface area contributed by atoms with E-state index >= 15 is 0 Å². The fraction of sp³-hybridized carbons (Fsp3) is 0.714. The predicted octanol–water partition coefficient (Wildman–Crippen LogP) is 3.40. The van der Waals surface area contributed by atoms with Crippen LogP contribution >= 0.6 is 0 Å². The number of pyridine rings is 1. The van der Waals surface area contributed by atoms with Crippen LogP contribution in [0.2, 0.25) is 0 Å². The van der Waals surface area contributed by atoms with E-state index in [0.29, 0.717) is 5.41 Å². The molecule has 2 rings (SSSR count). The molecule has 1 saturated carbocycles. The number of aliphatic imine (C=N–C) groups is 1. The summed E-state index contributed by atoms with van der Waals surface area (Å²) in [5.41, 5.74) is 0.511. The highest BCUT2D eigenvalue weighted by Crippen LogP contribution is 2.46. The molecule has 5 nitrogen and oxygen atoms in total. The largest absolute Gasteiger partial charge is 0.357 e. The molecule has 26 heavy (non-hydrogen) atoms. The van der Waals surface area contributed by atoms with Gasteiger partial charge in [-0.3, -0.25) is 9.79 Å². The summed E-state index contributed by atoms with van der Waals surface area (Å²) >= 11 is 0. The standard InChI is InChI=1S/C21H36N4O/c1-4-22-20(24-17-21(11-9-12-21)16-18(2)3)23-13-6-8-15-25-14-7-5-10-19(25)26/h5,7,10,14,18H,4,6,8-9,11-13,15-17H2,1-3H3,(H2,22,23,24). The van der Waals surface area contributed by atoms with Gasteiger partial charge in [-0.1, -0.05) is 26.3 Å². The molecule has 1 aromatic rings. The third-order valence-electron chi connectivity index (χ3n) is 5.19. The van der Waals surface area contributed by atoms with Gasteiger partial charge in [-0.15, -0.1) is 0 Å². The van der Waals surface area contributed by atoms with Gasteiger partial charge in [0, 0.05) is 38.4 Å². The Kier molecular flexibility index (Phi) is 8.20. The van der Waals surface area contributed by atoms with Crippen molar-refractivity contribution in [3.8, 4) is 0 Å². The van der Waals surface area contributed by atoms with Gasteiger partial charge < -0.3 is 15.2 Å². The Balaban J connectivity index is 1.75. The van der Waals surface area contributed by atoms with Crippen LogP contribution in [0.25, 0.3) is 0 Å². The predicted molar refractivity (Wildman–Crippen MR) is 110 cm³/mol. The van der Waals surface area contributed by atoms with Crippen LogP contribution in [0.3, 0.4) is 0 Å². The highest BCUT2D eigenvalue weighted by Gasteiger charge is 2.37. The summed E-state index contributed by atoms with van der Waals surface area (Å²) in [6.45, 7) is 10.2. The lowest BCUT2D eigenvalue weighted by Crippen LogP contribution is -2.40. The SMILES string of the molecule is CCNC(=NCC1(CC(C)C)CCC1)NCCCCn1ccccc1=O. The van der Waals surface area contributed by atoms with E-state index < -0.39 is 0 Å². The van der Waals surface area contributed by atoms with Gasteiger partial charge in [-0.2, -0.15) is 0 Å². The number of unbranched alkanes of at least 4 members (excludes halogenated alkanes) is 1. The molecule has 0 saturated heterocycles. The van der Waals surface area contributed by atoms with E-state index in [4.69, 9.17) is 4.99 Å². The molecule has 1 heterocycles. The van der Waals surface area contributed by atoms with Crippen LogP contribution in [0.1, 0.15) is 59.3 Å². The Bertz CT molecular complexity index is 616. The van der Waals surface area contributed by atoms with Crippen LogP contribution in [0.4, 0.5) is 0 Å². The van der Waals surface area contributed by atoms with E-state index in [-0.39, 0.29) is 5.56 Å². The van der Waals surface area contributed by atoms with E-state index in [1.54, 1.807) is 16.7 Å². The average Bonchev–Trinajstić information content (AvgIpc) is 2.57. The summed E-state index contributed by atoms with van der Waals surface area (Å²) < 4.78 is 1.77. The first kappa shape index (κ1) is 20.5. The van der Waals surface area contributed by atoms with E-state index in [1.165, 1.54) is 25.7 Å². The average molecular weight is 361 g/mol. The molecule has 1 aromatic heterocycles. The van der Waals surface area contributed by atoms with Gasteiger partial charge in [0.15, 0.2) is 5.96 Å². The van der Waals surface area contributed by atoms with Crippen molar-refractivity contribution in [2.24, 2.45) is 16.3 Å². The van der Waals surface area contributed by atoms with Crippen molar-refractivity contribution in [2.45, 2.75) is 65.8 Å². The van der Waals surface area contributed by atoms with Crippen molar-refractivity contribution in [1.82, 2.24) is 15.2 Å². The zero-order valence-corrected chi connectivity index (χ0v) is 16.8. The van der Waals surface area contributed by atoms with Crippen molar-refractivity contribution in [1.29, 1.82) is 0 Å². The molecule has 0 unspecified atom stereocenters. The number of aryl methyl sites for hydroxylation is 1. The summed E-state index contributed by atoms with van der Waals surface area (Å²) in [5.74, 6) is 1.67. The Morgan fingerprint density at radius 1 is 1.27 bits per heavy atom. The minimum atomic E-state index is 0.0753. The molecule has 0 radical (unpaired) electrons. The maximum absolute atomic E-state index is 11.7. The van der Waals surface area contributed by atoms with E-state index in [1.807, 2.05) is 12.3 Å². The monoisotopic (exact) mass is 360 g/mol. The van der Waals surface area contributed by atoms with Crippen molar-refractivity contribution in [2.75, 3.05) is 19.6 Å². The minimum absolute atomic E-state index is 0.0753. The van der Waals surface area contributed by atoms with Gasteiger partial charge in [0.1, 0.15) is 0 Å². The summed E-state index contributed by atoms with van der Waals surface area (Å²) in [4.78, 5) is 16.6. The summed E-state index contributed by atoms with van der Waals surface area (Å²) in [6, 6.07) is 5.30. The van der Waals surface area contributed by atoms with E-state index in [0.717, 1.165) is 50.9 Å². The number of hydrogen-bond acceptors (Lipinski definition) is 2. The van der Waals surface area contributed by atoms with Crippen LogP contribution in [0, 0.1) is 11.3 Å². The fourth-order valence-corrected chi connectivity index (χ4v) is 3.82. The topological polar surface area (TPSA) is 58.4 Å². The van der Waals surface area contributed by atoms with E-state index in [9.17, 15) is 4.79 Å². The smallest absolute Gasteiger partial charge is 0.250 e. The van der Waals surface area contributed by atoms with Crippen molar-refractivity contribution in [3.05, 3.63) is 34.7 Å². The Morgan fingerprint density at radius 2 is 2.08 bits per heavy atom. The van der Waals surface area contributed by atoms with Gasteiger partial charge in [-0.05, 0) is 56.4 Å². The molecule has 1 aliphatic carbocycles. The highest BCUT2D eigenvalue weighted by atomic mass is 16.1. The third-order valence-corrected chi connectivity index (χ3v) is 5.19. The van der Waals surface area contributed by atoms with Gasteiger partial charge >= 0.3 is 0 Å². The zero-order valence-electron chi connectivity index (χ0n) is 16.8. The number of hydrogen-bond donors (Lipinski definition) is 2. The highest BCUT2D eigenvalue weighted by molar-refractivity contribution is 5.79. The second-order valence-electron chi connectivity index (χ2n) is 8.01. The maximum atomic E-state index is 11.7. The quantitative estimate of drug-likeness (QED) is 0.382. The normalized spacial score (nSPS) is 16.4. The first-order valence-electron chi connectivity index (χ1n) is 10.2. The molecule has 0 aromatic carbocycles. The molecular formula is C21H36N4O. The maximum Gasteiger partial charge on any atom is 0.250 e. The Morgan fingerprint density at radius 3 is 2.69 bits per heavy atom. The summed E-state index contributed by atoms with van der Waals surface area (Å²) in [7, 11) is 0. The lowest BCUT2D eigenvalue weighted by atomic mass is 9.64. The van der Waals surface area contributed by atoms with Crippen molar-refractivity contribution < 1.29 is 0 Å². The van der Waals surface area contributed by atoms with Gasteiger partial charge in [0.25, 0.3) is 0 Å². The Hall–Kier alpha value is -1.78.